The number of nitriles is 1. The van der Waals surface area contributed by atoms with Crippen molar-refractivity contribution in [3.63, 3.8) is 0 Å². The maximum atomic E-state index is 9.70. The zero-order valence-corrected chi connectivity index (χ0v) is 16.2. The van der Waals surface area contributed by atoms with Gasteiger partial charge >= 0.3 is 0 Å². The lowest BCUT2D eigenvalue weighted by Crippen LogP contribution is -2.34. The molecule has 3 nitrogen and oxygen atoms in total. The maximum absolute atomic E-state index is 9.70. The van der Waals surface area contributed by atoms with Gasteiger partial charge in [0.1, 0.15) is 12.8 Å². The predicted molar refractivity (Wildman–Crippen MR) is 103 cm³/mol. The van der Waals surface area contributed by atoms with Gasteiger partial charge in [-0.3, -0.25) is 0 Å². The van der Waals surface area contributed by atoms with E-state index in [-0.39, 0.29) is 0 Å². The zero-order chi connectivity index (χ0) is 18.8. The van der Waals surface area contributed by atoms with Crippen molar-refractivity contribution in [2.45, 2.75) is 40.0 Å². The quantitative estimate of drug-likeness (QED) is 0.447. The molecule has 0 fully saturated rings. The minimum absolute atomic E-state index is 0.628. The van der Waals surface area contributed by atoms with Gasteiger partial charge in [0.25, 0.3) is 5.69 Å². The Hall–Kier alpha value is -2.86. The second-order valence-corrected chi connectivity index (χ2v) is 7.91. The molecule has 0 amide bonds. The Kier molecular flexibility index (Phi) is 3.39. The molecular formula is C23H23N2O+. The molecule has 3 aromatic rings. The van der Waals surface area contributed by atoms with E-state index in [1.165, 1.54) is 27.6 Å². The fourth-order valence-electron chi connectivity index (χ4n) is 3.94. The molecule has 0 spiro atoms. The number of hydrogen-bond acceptors (Lipinski definition) is 2. The van der Waals surface area contributed by atoms with Crippen LogP contribution in [0.5, 0.6) is 11.5 Å². The highest BCUT2D eigenvalue weighted by atomic mass is 16.5. The van der Waals surface area contributed by atoms with Crippen LogP contribution in [0.4, 0.5) is 0 Å². The van der Waals surface area contributed by atoms with E-state index in [0.717, 1.165) is 28.1 Å². The molecule has 3 heteroatoms. The normalized spacial score (nSPS) is 12.5. The van der Waals surface area contributed by atoms with Gasteiger partial charge in [-0.25, -0.2) is 0 Å². The number of rotatable bonds is 1. The van der Waals surface area contributed by atoms with Gasteiger partial charge in [0.05, 0.1) is 17.0 Å². The van der Waals surface area contributed by atoms with Crippen molar-refractivity contribution < 1.29 is 9.30 Å². The maximum Gasteiger partial charge on any atom is 0.256 e. The monoisotopic (exact) mass is 343 g/mol. The summed E-state index contributed by atoms with van der Waals surface area (Å²) in [5.41, 5.74) is 6.26. The van der Waals surface area contributed by atoms with Crippen LogP contribution in [0.3, 0.4) is 0 Å². The van der Waals surface area contributed by atoms with Gasteiger partial charge in [0.15, 0.2) is 6.20 Å². The van der Waals surface area contributed by atoms with E-state index in [0.29, 0.717) is 0 Å². The summed E-state index contributed by atoms with van der Waals surface area (Å²) in [5.74, 6) is 1.68. The number of hydrogen-bond donors (Lipinski definition) is 0. The van der Waals surface area contributed by atoms with E-state index < -0.39 is 5.41 Å². The minimum Gasteiger partial charge on any atom is -0.449 e. The number of fused-ring (bicyclic) bond motifs is 2. The molecule has 1 aliphatic rings. The Morgan fingerprint density at radius 1 is 1.12 bits per heavy atom. The van der Waals surface area contributed by atoms with Crippen LogP contribution in [0.15, 0.2) is 30.5 Å². The lowest BCUT2D eigenvalue weighted by molar-refractivity contribution is -0.660. The first kappa shape index (κ1) is 16.6. The molecule has 4 rings (SSSR count). The number of pyridine rings is 1. The minimum atomic E-state index is -0.628. The summed E-state index contributed by atoms with van der Waals surface area (Å²) in [6.45, 7) is 10.3. The van der Waals surface area contributed by atoms with Gasteiger partial charge in [-0.05, 0) is 62.8 Å². The van der Waals surface area contributed by atoms with Gasteiger partial charge in [-0.2, -0.15) is 9.83 Å². The predicted octanol–water partition coefficient (Wildman–Crippen LogP) is 5.16. The third-order valence-corrected chi connectivity index (χ3v) is 5.54. The van der Waals surface area contributed by atoms with Crippen LogP contribution in [0, 0.1) is 32.1 Å². The molecule has 1 aliphatic heterocycles. The van der Waals surface area contributed by atoms with Crippen LogP contribution < -0.4 is 9.30 Å². The largest absolute Gasteiger partial charge is 0.449 e. The molecule has 26 heavy (non-hydrogen) atoms. The summed E-state index contributed by atoms with van der Waals surface area (Å²) in [7, 11) is 2.04. The Morgan fingerprint density at radius 3 is 2.54 bits per heavy atom. The van der Waals surface area contributed by atoms with Crippen LogP contribution in [-0.4, -0.2) is 0 Å². The van der Waals surface area contributed by atoms with Gasteiger partial charge < -0.3 is 4.74 Å². The molecule has 2 heterocycles. The second-order valence-electron chi connectivity index (χ2n) is 7.91. The zero-order valence-electron chi connectivity index (χ0n) is 16.2. The molecule has 0 atom stereocenters. The average molecular weight is 343 g/mol. The van der Waals surface area contributed by atoms with Crippen LogP contribution in [-0.2, 0) is 12.5 Å². The van der Waals surface area contributed by atoms with Crippen molar-refractivity contribution >= 4 is 10.8 Å². The summed E-state index contributed by atoms with van der Waals surface area (Å²) in [6.07, 6.45) is 2.03. The van der Waals surface area contributed by atoms with Crippen molar-refractivity contribution in [1.82, 2.24) is 0 Å². The highest BCUT2D eigenvalue weighted by Crippen LogP contribution is 2.50. The Morgan fingerprint density at radius 2 is 1.85 bits per heavy atom. The lowest BCUT2D eigenvalue weighted by atomic mass is 9.83. The van der Waals surface area contributed by atoms with Crippen molar-refractivity contribution in [2.24, 2.45) is 7.05 Å². The molecule has 0 saturated carbocycles. The number of benzene rings is 2. The van der Waals surface area contributed by atoms with Gasteiger partial charge in [-0.1, -0.05) is 12.1 Å². The van der Waals surface area contributed by atoms with Crippen LogP contribution in [0.1, 0.15) is 36.1 Å². The molecule has 0 bridgehead atoms. The second kappa shape index (κ2) is 5.32. The number of aryl methyl sites for hydroxylation is 3. The van der Waals surface area contributed by atoms with Crippen molar-refractivity contribution in [2.75, 3.05) is 0 Å². The highest BCUT2D eigenvalue weighted by Gasteiger charge is 2.36. The average Bonchev–Trinajstić information content (AvgIpc) is 2.58. The van der Waals surface area contributed by atoms with Crippen LogP contribution >= 0.6 is 0 Å². The first-order chi connectivity index (χ1) is 12.2. The van der Waals surface area contributed by atoms with Crippen molar-refractivity contribution in [3.8, 4) is 28.8 Å². The van der Waals surface area contributed by atoms with Gasteiger partial charge in [0, 0.05) is 17.0 Å². The van der Waals surface area contributed by atoms with E-state index >= 15 is 0 Å². The topological polar surface area (TPSA) is 36.9 Å². The lowest BCUT2D eigenvalue weighted by Gasteiger charge is -2.26. The molecule has 0 unspecified atom stereocenters. The van der Waals surface area contributed by atoms with Crippen LogP contribution in [0.2, 0.25) is 0 Å². The third-order valence-electron chi connectivity index (χ3n) is 5.54. The molecule has 0 radical (unpaired) electrons. The first-order valence-electron chi connectivity index (χ1n) is 8.91. The fraction of sp³-hybridized carbons (Fsp3) is 0.304. The van der Waals surface area contributed by atoms with Gasteiger partial charge in [-0.15, -0.1) is 0 Å². The first-order valence-corrected chi connectivity index (χ1v) is 8.91. The fourth-order valence-corrected chi connectivity index (χ4v) is 3.94. The van der Waals surface area contributed by atoms with Crippen LogP contribution in [0.25, 0.3) is 22.0 Å². The number of ether oxygens (including phenoxy) is 1. The standard InChI is InChI=1S/C23H23N2O/c1-13-9-16-11-14(2)15(3)19-20(16)18(10-13)26-22-17(23(4,5)12-24)7-8-25(6)21(19)22/h7-11H,1-6H3/q+1. The molecule has 0 saturated heterocycles. The molecule has 130 valence electrons. The summed E-state index contributed by atoms with van der Waals surface area (Å²) in [5, 5.41) is 12.1. The number of nitrogens with zero attached hydrogens (tertiary/aromatic N) is 2. The van der Waals surface area contributed by atoms with E-state index in [2.05, 4.69) is 49.6 Å². The highest BCUT2D eigenvalue weighted by molar-refractivity contribution is 6.05. The molecule has 2 aromatic carbocycles. The van der Waals surface area contributed by atoms with Gasteiger partial charge in [0.2, 0.25) is 5.75 Å². The summed E-state index contributed by atoms with van der Waals surface area (Å²) in [6, 6.07) is 11.0. The Bertz CT molecular complexity index is 1130. The SMILES string of the molecule is Cc1cc2c3c(c(C)c(C)cc3c1)-c1c(c(C(C)(C)C#N)cc[n+]1C)O2. The van der Waals surface area contributed by atoms with Crippen molar-refractivity contribution in [1.29, 1.82) is 5.26 Å². The smallest absolute Gasteiger partial charge is 0.256 e. The van der Waals surface area contributed by atoms with E-state index in [4.69, 9.17) is 4.74 Å². The Labute approximate surface area is 154 Å². The van der Waals surface area contributed by atoms with E-state index in [1.54, 1.807) is 0 Å². The van der Waals surface area contributed by atoms with E-state index in [9.17, 15) is 5.26 Å². The summed E-state index contributed by atoms with van der Waals surface area (Å²) in [4.78, 5) is 0. The third kappa shape index (κ3) is 2.15. The molecular weight excluding hydrogens is 320 g/mol. The number of aromatic nitrogens is 1. The summed E-state index contributed by atoms with van der Waals surface area (Å²) < 4.78 is 8.56. The molecule has 0 aliphatic carbocycles. The molecule has 0 N–H and O–H groups in total. The Balaban J connectivity index is 2.22. The molecule has 1 aromatic heterocycles. The summed E-state index contributed by atoms with van der Waals surface area (Å²) >= 11 is 0. The van der Waals surface area contributed by atoms with Crippen molar-refractivity contribution in [3.05, 3.63) is 52.7 Å². The van der Waals surface area contributed by atoms with E-state index in [1.807, 2.05) is 33.2 Å².